The fourth-order valence-electron chi connectivity index (χ4n) is 7.27. The Kier molecular flexibility index (Phi) is 4.72. The second-order valence-electron chi connectivity index (χ2n) is 10.7. The third-order valence-electron chi connectivity index (χ3n) is 9.05. The molecule has 3 heterocycles. The third kappa shape index (κ3) is 2.97. The molecule has 1 aromatic heterocycles. The van der Waals surface area contributed by atoms with Crippen LogP contribution in [0.25, 0.3) is 0 Å². The highest BCUT2D eigenvalue weighted by Gasteiger charge is 2.64. The number of nitrogens with zero attached hydrogens (tertiary/aromatic N) is 2. The maximum absolute atomic E-state index is 13.3. The zero-order valence-corrected chi connectivity index (χ0v) is 19.7. The molecule has 6 rings (SSSR count). The molecular formula is C26H30N4O5. The van der Waals surface area contributed by atoms with Crippen molar-refractivity contribution < 1.29 is 19.8 Å². The third-order valence-corrected chi connectivity index (χ3v) is 9.05. The van der Waals surface area contributed by atoms with Gasteiger partial charge in [0.1, 0.15) is 17.4 Å². The smallest absolute Gasteiger partial charge is 0.261 e. The van der Waals surface area contributed by atoms with Gasteiger partial charge in [0.25, 0.3) is 11.5 Å². The standard InChI is InChI=1S/C26H30N4O5/c1-29-8-6-25-13-19-15(12-26(25,35)21(29)10-14-4-5-16(31)11-18(14)25)9-17(23(33)28-19)24(34)30-7-2-3-20(30)22(27)32/h4-5,9,11,20-21,31,35H,2-3,6-8,10,12-13H2,1H3,(H2,27,32)(H,28,33)/t20-,21+,25?,26+/m0/s1. The molecule has 2 aliphatic carbocycles. The number of fused-ring (bicyclic) bond motifs is 2. The van der Waals surface area contributed by atoms with Crippen molar-refractivity contribution in [1.82, 2.24) is 14.8 Å². The summed E-state index contributed by atoms with van der Waals surface area (Å²) in [6.45, 7) is 1.17. The molecule has 2 amide bonds. The lowest BCUT2D eigenvalue weighted by Crippen LogP contribution is -2.73. The summed E-state index contributed by atoms with van der Waals surface area (Å²) in [5.74, 6) is -0.909. The number of H-pyrrole nitrogens is 1. The zero-order valence-electron chi connectivity index (χ0n) is 19.7. The van der Waals surface area contributed by atoms with Crippen LogP contribution in [0.1, 0.15) is 52.0 Å². The summed E-state index contributed by atoms with van der Waals surface area (Å²) in [6.07, 6.45) is 3.18. The molecule has 2 aliphatic heterocycles. The van der Waals surface area contributed by atoms with Crippen LogP contribution >= 0.6 is 0 Å². The lowest BCUT2D eigenvalue weighted by Gasteiger charge is -2.63. The van der Waals surface area contributed by atoms with Crippen LogP contribution in [0.15, 0.2) is 29.1 Å². The number of nitrogens with two attached hydrogens (primary N) is 1. The van der Waals surface area contributed by atoms with E-state index in [1.54, 1.807) is 18.2 Å². The van der Waals surface area contributed by atoms with Crippen LogP contribution in [0.5, 0.6) is 5.75 Å². The van der Waals surface area contributed by atoms with Crippen molar-refractivity contribution in [2.24, 2.45) is 5.73 Å². The summed E-state index contributed by atoms with van der Waals surface area (Å²) in [7, 11) is 2.02. The van der Waals surface area contributed by atoms with Crippen molar-refractivity contribution in [3.63, 3.8) is 0 Å². The molecular weight excluding hydrogens is 448 g/mol. The molecule has 0 radical (unpaired) electrons. The number of likely N-dealkylation sites (tertiary alicyclic amines) is 2. The Hall–Kier alpha value is -3.17. The molecule has 2 bridgehead atoms. The number of aromatic amines is 1. The summed E-state index contributed by atoms with van der Waals surface area (Å²) < 4.78 is 0. The van der Waals surface area contributed by atoms with Crippen molar-refractivity contribution in [1.29, 1.82) is 0 Å². The highest BCUT2D eigenvalue weighted by atomic mass is 16.3. The van der Waals surface area contributed by atoms with Crippen molar-refractivity contribution in [2.75, 3.05) is 20.1 Å². The number of carbonyl (C=O) groups is 2. The number of carbonyl (C=O) groups excluding carboxylic acids is 2. The first kappa shape index (κ1) is 22.3. The van der Waals surface area contributed by atoms with E-state index in [0.29, 0.717) is 44.3 Å². The first-order valence-electron chi connectivity index (χ1n) is 12.2. The van der Waals surface area contributed by atoms with Gasteiger partial charge in [0.2, 0.25) is 5.91 Å². The van der Waals surface area contributed by atoms with Gasteiger partial charge in [0.05, 0.1) is 5.60 Å². The fraction of sp³-hybridized carbons (Fsp3) is 0.500. The number of piperidine rings is 1. The predicted octanol–water partition coefficient (Wildman–Crippen LogP) is 0.198. The summed E-state index contributed by atoms with van der Waals surface area (Å²) >= 11 is 0. The van der Waals surface area contributed by atoms with Crippen molar-refractivity contribution >= 4 is 11.8 Å². The van der Waals surface area contributed by atoms with E-state index in [4.69, 9.17) is 5.73 Å². The van der Waals surface area contributed by atoms with Crippen LogP contribution in [0.3, 0.4) is 0 Å². The summed E-state index contributed by atoms with van der Waals surface area (Å²) in [5.41, 5.74) is 6.68. The number of hydrogen-bond acceptors (Lipinski definition) is 6. The minimum atomic E-state index is -1.13. The van der Waals surface area contributed by atoms with E-state index in [-0.39, 0.29) is 23.8 Å². The van der Waals surface area contributed by atoms with E-state index in [2.05, 4.69) is 9.88 Å². The number of amides is 2. The number of phenols is 1. The topological polar surface area (TPSA) is 140 Å². The zero-order chi connectivity index (χ0) is 24.7. The van der Waals surface area contributed by atoms with Gasteiger partial charge < -0.3 is 30.7 Å². The van der Waals surface area contributed by atoms with E-state index in [9.17, 15) is 24.6 Å². The van der Waals surface area contributed by atoms with Crippen molar-refractivity contribution in [3.8, 4) is 5.75 Å². The quantitative estimate of drug-likeness (QED) is 0.486. The van der Waals surface area contributed by atoms with Crippen molar-refractivity contribution in [2.45, 2.75) is 61.6 Å². The molecule has 2 fully saturated rings. The second-order valence-corrected chi connectivity index (χ2v) is 10.7. The summed E-state index contributed by atoms with van der Waals surface area (Å²) in [4.78, 5) is 44.7. The largest absolute Gasteiger partial charge is 0.508 e. The van der Waals surface area contributed by atoms with Gasteiger partial charge in [-0.05, 0) is 74.2 Å². The number of likely N-dealkylation sites (N-methyl/N-ethyl adjacent to an activating group) is 1. The average Bonchev–Trinajstić information content (AvgIpc) is 3.30. The number of aromatic hydroxyl groups is 1. The summed E-state index contributed by atoms with van der Waals surface area (Å²) in [5, 5.41) is 22.7. The normalized spacial score (nSPS) is 31.4. The minimum absolute atomic E-state index is 0.0242. The van der Waals surface area contributed by atoms with Crippen LogP contribution in [-0.4, -0.2) is 74.6 Å². The number of pyridine rings is 1. The highest BCUT2D eigenvalue weighted by Crippen LogP contribution is 2.56. The number of benzene rings is 1. The molecule has 1 aromatic carbocycles. The number of aromatic nitrogens is 1. The van der Waals surface area contributed by atoms with E-state index in [1.165, 1.54) is 4.90 Å². The van der Waals surface area contributed by atoms with E-state index in [1.807, 2.05) is 13.1 Å². The number of primary amides is 1. The Labute approximate surface area is 202 Å². The average molecular weight is 479 g/mol. The van der Waals surface area contributed by atoms with Gasteiger partial charge in [-0.3, -0.25) is 14.4 Å². The molecule has 5 N–H and O–H groups in total. The van der Waals surface area contributed by atoms with Gasteiger partial charge in [0, 0.05) is 36.5 Å². The molecule has 1 unspecified atom stereocenters. The lowest BCUT2D eigenvalue weighted by molar-refractivity contribution is -0.145. The van der Waals surface area contributed by atoms with Gasteiger partial charge in [-0.2, -0.15) is 0 Å². The van der Waals surface area contributed by atoms with E-state index >= 15 is 0 Å². The second kappa shape index (κ2) is 7.41. The van der Waals surface area contributed by atoms with Gasteiger partial charge >= 0.3 is 0 Å². The highest BCUT2D eigenvalue weighted by molar-refractivity contribution is 5.97. The number of aliphatic hydroxyl groups is 1. The van der Waals surface area contributed by atoms with Gasteiger partial charge in [0.15, 0.2) is 0 Å². The molecule has 35 heavy (non-hydrogen) atoms. The van der Waals surface area contributed by atoms with Crippen LogP contribution in [0, 0.1) is 0 Å². The number of phenolic OH excluding ortho intramolecular Hbond substituents is 1. The first-order chi connectivity index (χ1) is 16.6. The molecule has 9 nitrogen and oxygen atoms in total. The molecule has 2 aromatic rings. The van der Waals surface area contributed by atoms with E-state index in [0.717, 1.165) is 23.2 Å². The molecule has 4 atom stereocenters. The monoisotopic (exact) mass is 478 g/mol. The molecule has 2 saturated heterocycles. The van der Waals surface area contributed by atoms with Crippen LogP contribution in [0.4, 0.5) is 0 Å². The number of rotatable bonds is 2. The molecule has 4 aliphatic rings. The Morgan fingerprint density at radius 3 is 2.74 bits per heavy atom. The van der Waals surface area contributed by atoms with Crippen LogP contribution < -0.4 is 11.3 Å². The SMILES string of the molecule is CN1CCC23Cc4[nH]c(=O)c(C(=O)N5CCC[C@H]5C(N)=O)cc4C[C@@]2(O)[C@H]1Cc1ccc(O)cc13. The lowest BCUT2D eigenvalue weighted by atomic mass is 9.49. The number of nitrogens with one attached hydrogen (secondary N) is 1. The first-order valence-corrected chi connectivity index (χ1v) is 12.2. The Balaban J connectivity index is 1.46. The maximum Gasteiger partial charge on any atom is 0.261 e. The van der Waals surface area contributed by atoms with Gasteiger partial charge in [-0.1, -0.05) is 6.07 Å². The molecule has 184 valence electrons. The maximum atomic E-state index is 13.3. The minimum Gasteiger partial charge on any atom is -0.508 e. The Morgan fingerprint density at radius 1 is 1.17 bits per heavy atom. The van der Waals surface area contributed by atoms with Crippen molar-refractivity contribution in [3.05, 3.63) is 62.6 Å². The molecule has 0 saturated carbocycles. The van der Waals surface area contributed by atoms with Crippen LogP contribution in [-0.2, 0) is 29.5 Å². The van der Waals surface area contributed by atoms with Crippen LogP contribution in [0.2, 0.25) is 0 Å². The fourth-order valence-corrected chi connectivity index (χ4v) is 7.27. The number of hydrogen-bond donors (Lipinski definition) is 4. The van der Waals surface area contributed by atoms with Gasteiger partial charge in [-0.25, -0.2) is 0 Å². The predicted molar refractivity (Wildman–Crippen MR) is 127 cm³/mol. The molecule has 9 heteroatoms. The Morgan fingerprint density at radius 2 is 1.97 bits per heavy atom. The summed E-state index contributed by atoms with van der Waals surface area (Å²) in [6, 6.07) is 6.14. The van der Waals surface area contributed by atoms with Gasteiger partial charge in [-0.15, -0.1) is 0 Å². The van der Waals surface area contributed by atoms with E-state index < -0.39 is 34.4 Å². The molecule has 0 spiro atoms. The Bertz CT molecular complexity index is 1320.